The lowest BCUT2D eigenvalue weighted by Crippen LogP contribution is -2.42. The van der Waals surface area contributed by atoms with Crippen LogP contribution in [0.15, 0.2) is 0 Å². The lowest BCUT2D eigenvalue weighted by molar-refractivity contribution is -0.138. The Kier molecular flexibility index (Phi) is 4.42. The molecule has 3 heteroatoms. The molecule has 1 aliphatic carbocycles. The van der Waals surface area contributed by atoms with Crippen molar-refractivity contribution >= 4 is 5.91 Å². The zero-order valence-electron chi connectivity index (χ0n) is 13.2. The molecule has 0 aromatic heterocycles. The predicted octanol–water partition coefficient (Wildman–Crippen LogP) is 3.75. The summed E-state index contributed by atoms with van der Waals surface area (Å²) < 4.78 is 0. The summed E-state index contributed by atoms with van der Waals surface area (Å²) in [7, 11) is 0. The van der Waals surface area contributed by atoms with Crippen LogP contribution in [0.1, 0.15) is 65.7 Å². The molecular weight excluding hydrogens is 248 g/mol. The third-order valence-corrected chi connectivity index (χ3v) is 5.32. The van der Waals surface area contributed by atoms with Gasteiger partial charge in [0.05, 0.1) is 6.07 Å². The van der Waals surface area contributed by atoms with Crippen molar-refractivity contribution in [2.24, 2.45) is 16.7 Å². The van der Waals surface area contributed by atoms with Crippen LogP contribution in [0.5, 0.6) is 0 Å². The first-order valence-corrected chi connectivity index (χ1v) is 8.10. The zero-order chi connectivity index (χ0) is 14.8. The number of nitriles is 1. The van der Waals surface area contributed by atoms with Crippen molar-refractivity contribution < 1.29 is 4.79 Å². The maximum absolute atomic E-state index is 12.8. The van der Waals surface area contributed by atoms with Gasteiger partial charge in [-0.3, -0.25) is 4.79 Å². The highest BCUT2D eigenvalue weighted by atomic mass is 16.2. The Morgan fingerprint density at radius 2 is 1.80 bits per heavy atom. The molecule has 1 atom stereocenters. The van der Waals surface area contributed by atoms with Crippen LogP contribution in [-0.2, 0) is 4.79 Å². The van der Waals surface area contributed by atoms with Crippen molar-refractivity contribution in [2.75, 3.05) is 13.1 Å². The molecule has 1 amide bonds. The van der Waals surface area contributed by atoms with Gasteiger partial charge < -0.3 is 4.90 Å². The maximum atomic E-state index is 12.8. The van der Waals surface area contributed by atoms with Gasteiger partial charge in [-0.1, -0.05) is 33.6 Å². The topological polar surface area (TPSA) is 44.1 Å². The summed E-state index contributed by atoms with van der Waals surface area (Å²) >= 11 is 0. The molecule has 2 aliphatic rings. The predicted molar refractivity (Wildman–Crippen MR) is 79.9 cm³/mol. The summed E-state index contributed by atoms with van der Waals surface area (Å²) in [5.41, 5.74) is -0.374. The average Bonchev–Trinajstić information content (AvgIpc) is 2.74. The van der Waals surface area contributed by atoms with Gasteiger partial charge in [-0.15, -0.1) is 0 Å². The largest absolute Gasteiger partial charge is 0.341 e. The third-order valence-electron chi connectivity index (χ3n) is 5.32. The summed E-state index contributed by atoms with van der Waals surface area (Å²) in [5.74, 6) is 0.800. The quantitative estimate of drug-likeness (QED) is 0.732. The number of likely N-dealkylation sites (tertiary alicyclic amines) is 1. The molecule has 0 spiro atoms. The molecule has 1 saturated heterocycles. The second-order valence-corrected chi connectivity index (χ2v) is 7.69. The van der Waals surface area contributed by atoms with Gasteiger partial charge in [0.15, 0.2) is 0 Å². The van der Waals surface area contributed by atoms with E-state index in [1.165, 1.54) is 6.42 Å². The molecule has 3 nitrogen and oxygen atoms in total. The standard InChI is InChI=1S/C17H28N2O/c1-16(2,3)14-7-6-11-19(12-8-14)15(20)17(13-18)9-4-5-10-17/h14H,4-12H2,1-3H3. The first-order valence-electron chi connectivity index (χ1n) is 8.10. The molecule has 0 radical (unpaired) electrons. The smallest absolute Gasteiger partial charge is 0.243 e. The van der Waals surface area contributed by atoms with E-state index in [1.807, 2.05) is 4.90 Å². The Bertz CT molecular complexity index is 396. The fourth-order valence-electron chi connectivity index (χ4n) is 3.82. The minimum absolute atomic E-state index is 0.118. The van der Waals surface area contributed by atoms with Gasteiger partial charge >= 0.3 is 0 Å². The van der Waals surface area contributed by atoms with Crippen LogP contribution in [0.25, 0.3) is 0 Å². The Labute approximate surface area is 123 Å². The van der Waals surface area contributed by atoms with E-state index in [0.717, 1.165) is 51.6 Å². The molecule has 0 N–H and O–H groups in total. The molecule has 0 bridgehead atoms. The van der Waals surface area contributed by atoms with E-state index < -0.39 is 5.41 Å². The average molecular weight is 276 g/mol. The van der Waals surface area contributed by atoms with Crippen molar-refractivity contribution in [3.63, 3.8) is 0 Å². The van der Waals surface area contributed by atoms with Gasteiger partial charge in [-0.05, 0) is 43.4 Å². The molecule has 2 fully saturated rings. The Morgan fingerprint density at radius 3 is 2.35 bits per heavy atom. The zero-order valence-corrected chi connectivity index (χ0v) is 13.2. The molecule has 2 rings (SSSR count). The monoisotopic (exact) mass is 276 g/mol. The van der Waals surface area contributed by atoms with E-state index in [2.05, 4.69) is 26.8 Å². The van der Waals surface area contributed by atoms with Crippen LogP contribution in [0, 0.1) is 28.1 Å². The van der Waals surface area contributed by atoms with Crippen molar-refractivity contribution in [1.82, 2.24) is 4.90 Å². The van der Waals surface area contributed by atoms with Crippen molar-refractivity contribution in [3.05, 3.63) is 0 Å². The van der Waals surface area contributed by atoms with Gasteiger partial charge in [0.2, 0.25) is 5.91 Å². The van der Waals surface area contributed by atoms with Crippen LogP contribution in [-0.4, -0.2) is 23.9 Å². The van der Waals surface area contributed by atoms with Gasteiger partial charge in [-0.2, -0.15) is 5.26 Å². The highest BCUT2D eigenvalue weighted by Crippen LogP contribution is 2.40. The highest BCUT2D eigenvalue weighted by Gasteiger charge is 2.44. The van der Waals surface area contributed by atoms with Crippen LogP contribution in [0.4, 0.5) is 0 Å². The molecule has 1 unspecified atom stereocenters. The fourth-order valence-corrected chi connectivity index (χ4v) is 3.82. The fraction of sp³-hybridized carbons (Fsp3) is 0.882. The van der Waals surface area contributed by atoms with Crippen LogP contribution >= 0.6 is 0 Å². The minimum Gasteiger partial charge on any atom is -0.341 e. The molecule has 1 saturated carbocycles. The number of hydrogen-bond donors (Lipinski definition) is 0. The lowest BCUT2D eigenvalue weighted by atomic mass is 9.77. The van der Waals surface area contributed by atoms with E-state index in [-0.39, 0.29) is 5.91 Å². The molecule has 1 heterocycles. The number of carbonyl (C=O) groups excluding carboxylic acids is 1. The van der Waals surface area contributed by atoms with Gasteiger partial charge in [0.1, 0.15) is 5.41 Å². The Morgan fingerprint density at radius 1 is 1.15 bits per heavy atom. The maximum Gasteiger partial charge on any atom is 0.243 e. The SMILES string of the molecule is CC(C)(C)C1CCCN(C(=O)C2(C#N)CCCC2)CC1. The van der Waals surface area contributed by atoms with Gasteiger partial charge in [-0.25, -0.2) is 0 Å². The molecule has 112 valence electrons. The summed E-state index contributed by atoms with van der Waals surface area (Å²) in [6, 6.07) is 2.35. The summed E-state index contributed by atoms with van der Waals surface area (Å²) in [6.07, 6.45) is 6.94. The lowest BCUT2D eigenvalue weighted by Gasteiger charge is -2.31. The number of rotatable bonds is 1. The first-order chi connectivity index (χ1) is 9.39. The second kappa shape index (κ2) is 5.76. The van der Waals surface area contributed by atoms with E-state index in [0.29, 0.717) is 11.3 Å². The summed E-state index contributed by atoms with van der Waals surface area (Å²) in [5, 5.41) is 9.47. The molecule has 0 aromatic rings. The van der Waals surface area contributed by atoms with E-state index >= 15 is 0 Å². The van der Waals surface area contributed by atoms with Gasteiger partial charge in [0.25, 0.3) is 0 Å². The highest BCUT2D eigenvalue weighted by molar-refractivity contribution is 5.85. The Hall–Kier alpha value is -1.04. The van der Waals surface area contributed by atoms with E-state index in [1.54, 1.807) is 0 Å². The van der Waals surface area contributed by atoms with Crippen molar-refractivity contribution in [2.45, 2.75) is 65.7 Å². The first kappa shape index (κ1) is 15.4. The number of nitrogens with zero attached hydrogens (tertiary/aromatic N) is 2. The summed E-state index contributed by atoms with van der Waals surface area (Å²) in [6.45, 7) is 8.56. The van der Waals surface area contributed by atoms with Crippen LogP contribution in [0.2, 0.25) is 0 Å². The second-order valence-electron chi connectivity index (χ2n) is 7.69. The molecular formula is C17H28N2O. The molecule has 0 aromatic carbocycles. The normalized spacial score (nSPS) is 26.9. The Balaban J connectivity index is 2.04. The third kappa shape index (κ3) is 3.00. The van der Waals surface area contributed by atoms with Crippen molar-refractivity contribution in [3.8, 4) is 6.07 Å². The van der Waals surface area contributed by atoms with Crippen LogP contribution < -0.4 is 0 Å². The molecule has 20 heavy (non-hydrogen) atoms. The number of carbonyl (C=O) groups is 1. The van der Waals surface area contributed by atoms with Crippen LogP contribution in [0.3, 0.4) is 0 Å². The number of amides is 1. The van der Waals surface area contributed by atoms with Gasteiger partial charge in [0, 0.05) is 13.1 Å². The molecule has 1 aliphatic heterocycles. The van der Waals surface area contributed by atoms with Crippen molar-refractivity contribution in [1.29, 1.82) is 5.26 Å². The number of hydrogen-bond acceptors (Lipinski definition) is 2. The van der Waals surface area contributed by atoms with E-state index in [9.17, 15) is 10.1 Å². The minimum atomic E-state index is -0.693. The summed E-state index contributed by atoms with van der Waals surface area (Å²) in [4.78, 5) is 14.8. The van der Waals surface area contributed by atoms with E-state index in [4.69, 9.17) is 0 Å².